The molecule has 0 radical (unpaired) electrons. The lowest BCUT2D eigenvalue weighted by Crippen LogP contribution is -2.38. The van der Waals surface area contributed by atoms with Crippen molar-refractivity contribution in [2.45, 2.75) is 46.0 Å². The molecule has 2 aromatic rings. The summed E-state index contributed by atoms with van der Waals surface area (Å²) in [5.74, 6) is 0.192. The van der Waals surface area contributed by atoms with Crippen molar-refractivity contribution in [2.75, 3.05) is 18.9 Å². The number of fused-ring (bicyclic) bond motifs is 1. The Morgan fingerprint density at radius 3 is 2.75 bits per heavy atom. The van der Waals surface area contributed by atoms with Gasteiger partial charge in [0.15, 0.2) is 0 Å². The molecule has 1 aliphatic rings. The molecule has 1 aliphatic heterocycles. The number of anilines is 1. The topological polar surface area (TPSA) is 97.1 Å². The number of aromatic nitrogens is 3. The molecule has 10 heteroatoms. The van der Waals surface area contributed by atoms with Gasteiger partial charge in [-0.15, -0.1) is 13.2 Å². The van der Waals surface area contributed by atoms with Gasteiger partial charge in [0.1, 0.15) is 5.82 Å². The molecule has 1 atom stereocenters. The maximum Gasteiger partial charge on any atom is 0.522 e. The molecule has 0 bridgehead atoms. The molecule has 1 amide bonds. The van der Waals surface area contributed by atoms with Crippen molar-refractivity contribution in [1.29, 1.82) is 0 Å². The van der Waals surface area contributed by atoms with Gasteiger partial charge in [-0.05, 0) is 31.9 Å². The lowest BCUT2D eigenvalue weighted by atomic mass is 10.2. The number of halogens is 3. The first-order valence-corrected chi connectivity index (χ1v) is 8.92. The molecule has 0 saturated carbocycles. The van der Waals surface area contributed by atoms with E-state index in [2.05, 4.69) is 26.5 Å². The zero-order valence-electron chi connectivity index (χ0n) is 16.2. The number of aryl methyl sites for hydroxylation is 1. The van der Waals surface area contributed by atoms with Gasteiger partial charge in [-0.2, -0.15) is 5.10 Å². The summed E-state index contributed by atoms with van der Waals surface area (Å²) in [6.07, 6.45) is -0.642. The van der Waals surface area contributed by atoms with Crippen molar-refractivity contribution >= 4 is 22.6 Å². The van der Waals surface area contributed by atoms with E-state index in [0.717, 1.165) is 22.7 Å². The van der Waals surface area contributed by atoms with Crippen molar-refractivity contribution in [3.63, 3.8) is 0 Å². The first-order valence-electron chi connectivity index (χ1n) is 8.92. The number of likely N-dealkylation sites (tertiary alicyclic amines) is 1. The summed E-state index contributed by atoms with van der Waals surface area (Å²) in [4.78, 5) is 16.5. The summed E-state index contributed by atoms with van der Waals surface area (Å²) >= 11 is 0. The van der Waals surface area contributed by atoms with Crippen LogP contribution >= 0.6 is 0 Å². The number of nitrogens with two attached hydrogens (primary N) is 1. The van der Waals surface area contributed by atoms with E-state index in [4.69, 9.17) is 5.73 Å². The fourth-order valence-electron chi connectivity index (χ4n) is 2.75. The molecular weight excluding hydrogens is 375 g/mol. The number of pyridine rings is 1. The van der Waals surface area contributed by atoms with Crippen molar-refractivity contribution in [1.82, 2.24) is 20.1 Å². The Hall–Kier alpha value is -2.62. The van der Waals surface area contributed by atoms with Crippen LogP contribution in [0.1, 0.15) is 32.4 Å². The largest absolute Gasteiger partial charge is 0.522 e. The summed E-state index contributed by atoms with van der Waals surface area (Å²) in [6, 6.07) is 1.34. The molecule has 0 aliphatic carbocycles. The van der Waals surface area contributed by atoms with Gasteiger partial charge in [0.2, 0.25) is 5.91 Å². The predicted molar refractivity (Wildman–Crippen MR) is 101 cm³/mol. The maximum absolute atomic E-state index is 11.8. The minimum absolute atomic E-state index is 0.344. The molecule has 3 rings (SSSR count). The van der Waals surface area contributed by atoms with E-state index in [0.29, 0.717) is 25.2 Å². The molecule has 3 N–H and O–H groups in total. The summed E-state index contributed by atoms with van der Waals surface area (Å²) in [6.45, 7) is 9.19. The highest BCUT2D eigenvalue weighted by Crippen LogP contribution is 2.22. The number of hydrogen-bond donors (Lipinski definition) is 2. The van der Waals surface area contributed by atoms with Gasteiger partial charge in [-0.25, -0.2) is 4.98 Å². The number of rotatable bonds is 3. The van der Waals surface area contributed by atoms with Crippen LogP contribution in [0.3, 0.4) is 0 Å². The third kappa shape index (κ3) is 6.52. The number of nitrogens with zero attached hydrogens (tertiary/aromatic N) is 3. The van der Waals surface area contributed by atoms with Crippen LogP contribution in [0.5, 0.6) is 0 Å². The fraction of sp³-hybridized carbons (Fsp3) is 0.500. The highest BCUT2D eigenvalue weighted by atomic mass is 19.4. The molecule has 156 valence electrons. The zero-order valence-corrected chi connectivity index (χ0v) is 16.2. The first kappa shape index (κ1) is 23.4. The van der Waals surface area contributed by atoms with E-state index in [-0.39, 0.29) is 5.91 Å². The van der Waals surface area contributed by atoms with Gasteiger partial charge < -0.3 is 10.6 Å². The number of ether oxygens (including phenoxy) is 1. The average molecular weight is 401 g/mol. The van der Waals surface area contributed by atoms with Gasteiger partial charge in [-0.1, -0.05) is 20.4 Å². The maximum atomic E-state index is 11.8. The van der Waals surface area contributed by atoms with E-state index in [1.54, 1.807) is 6.20 Å². The Balaban J connectivity index is 0.000000266. The number of hydrogen-bond acceptors (Lipinski definition) is 5. The van der Waals surface area contributed by atoms with Gasteiger partial charge in [0, 0.05) is 18.4 Å². The second-order valence-corrected chi connectivity index (χ2v) is 5.73. The standard InChI is InChI=1S/C9H12F3NO2.C7H8N4.C2H6/c1-2-8(14)13-5-3-4-7(13)6-15-9(10,11)12;1-4-6-5(11-10-4)2-3-9-7(6)8;1-2/h2,7H,1,3-6H2;2-3H,1H3,(H2,8,9)(H,10,11);1-2H3. The average Bonchev–Trinajstić information content (AvgIpc) is 3.28. The Bertz CT molecular complexity index is 776. The van der Waals surface area contributed by atoms with Crippen LogP contribution in [0.15, 0.2) is 24.9 Å². The Kier molecular flexibility index (Phi) is 8.90. The summed E-state index contributed by atoms with van der Waals surface area (Å²) in [5.41, 5.74) is 7.46. The highest BCUT2D eigenvalue weighted by molar-refractivity contribution is 5.90. The van der Waals surface area contributed by atoms with Crippen LogP contribution in [0.2, 0.25) is 0 Å². The van der Waals surface area contributed by atoms with Gasteiger partial charge >= 0.3 is 6.36 Å². The van der Waals surface area contributed by atoms with E-state index in [9.17, 15) is 18.0 Å². The van der Waals surface area contributed by atoms with Crippen LogP contribution in [0, 0.1) is 6.92 Å². The summed E-state index contributed by atoms with van der Waals surface area (Å²) in [7, 11) is 0. The highest BCUT2D eigenvalue weighted by Gasteiger charge is 2.34. The molecule has 3 heterocycles. The number of nitrogens with one attached hydrogen (secondary N) is 1. The van der Waals surface area contributed by atoms with Crippen LogP contribution in [0.4, 0.5) is 19.0 Å². The number of alkyl halides is 3. The summed E-state index contributed by atoms with van der Waals surface area (Å²) in [5, 5.41) is 7.81. The Morgan fingerprint density at radius 1 is 1.50 bits per heavy atom. The van der Waals surface area contributed by atoms with E-state index in [1.165, 1.54) is 4.90 Å². The Morgan fingerprint density at radius 2 is 2.18 bits per heavy atom. The minimum Gasteiger partial charge on any atom is -0.383 e. The number of nitrogen functional groups attached to an aromatic ring is 1. The molecule has 1 saturated heterocycles. The third-order valence-electron chi connectivity index (χ3n) is 3.95. The third-order valence-corrected chi connectivity index (χ3v) is 3.95. The molecule has 2 aromatic heterocycles. The second-order valence-electron chi connectivity index (χ2n) is 5.73. The van der Waals surface area contributed by atoms with Crippen molar-refractivity contribution in [3.8, 4) is 0 Å². The smallest absolute Gasteiger partial charge is 0.383 e. The van der Waals surface area contributed by atoms with E-state index in [1.807, 2.05) is 26.8 Å². The van der Waals surface area contributed by atoms with Crippen LogP contribution in [-0.2, 0) is 9.53 Å². The molecule has 1 unspecified atom stereocenters. The zero-order chi connectivity index (χ0) is 21.3. The second kappa shape index (κ2) is 10.6. The van der Waals surface area contributed by atoms with Gasteiger partial charge in [0.05, 0.1) is 23.6 Å². The molecule has 0 spiro atoms. The summed E-state index contributed by atoms with van der Waals surface area (Å²) < 4.78 is 39.0. The molecule has 7 nitrogen and oxygen atoms in total. The number of H-pyrrole nitrogens is 1. The van der Waals surface area contributed by atoms with Gasteiger partial charge in [0.25, 0.3) is 0 Å². The lowest BCUT2D eigenvalue weighted by Gasteiger charge is -2.23. The van der Waals surface area contributed by atoms with Crippen molar-refractivity contribution in [3.05, 3.63) is 30.6 Å². The Labute approximate surface area is 161 Å². The van der Waals surface area contributed by atoms with Crippen LogP contribution in [-0.4, -0.2) is 51.5 Å². The SMILES string of the molecule is C=CC(=O)N1CCCC1COC(F)(F)F.CC.Cc1[nH]nc2ccnc(N)c12. The molecule has 28 heavy (non-hydrogen) atoms. The van der Waals surface area contributed by atoms with E-state index < -0.39 is 19.0 Å². The monoisotopic (exact) mass is 401 g/mol. The quantitative estimate of drug-likeness (QED) is 0.767. The van der Waals surface area contributed by atoms with E-state index >= 15 is 0 Å². The molecule has 1 fully saturated rings. The normalized spacial score (nSPS) is 16.1. The first-order chi connectivity index (χ1) is 13.2. The van der Waals surface area contributed by atoms with Crippen molar-refractivity contribution in [2.24, 2.45) is 0 Å². The van der Waals surface area contributed by atoms with Crippen LogP contribution in [0.25, 0.3) is 10.9 Å². The minimum atomic E-state index is -4.63. The molecule has 0 aromatic carbocycles. The number of aromatic amines is 1. The van der Waals surface area contributed by atoms with Crippen LogP contribution < -0.4 is 5.73 Å². The lowest BCUT2D eigenvalue weighted by molar-refractivity contribution is -0.327. The molecular formula is C18H26F3N5O2. The number of carbonyl (C=O) groups excluding carboxylic acids is 1. The number of amides is 1. The fourth-order valence-corrected chi connectivity index (χ4v) is 2.75. The predicted octanol–water partition coefficient (Wildman–Crippen LogP) is 3.57. The van der Waals surface area contributed by atoms with Gasteiger partial charge in [-0.3, -0.25) is 14.6 Å². The van der Waals surface area contributed by atoms with Crippen molar-refractivity contribution < 1.29 is 22.7 Å². The number of carbonyl (C=O) groups is 1.